The van der Waals surface area contributed by atoms with Crippen molar-refractivity contribution in [2.45, 2.75) is 59.0 Å². The summed E-state index contributed by atoms with van der Waals surface area (Å²) in [6.07, 6.45) is 3.28. The van der Waals surface area contributed by atoms with Crippen molar-refractivity contribution >= 4 is 5.91 Å². The Morgan fingerprint density at radius 1 is 1.24 bits per heavy atom. The second kappa shape index (κ2) is 7.59. The van der Waals surface area contributed by atoms with Gasteiger partial charge in [0.1, 0.15) is 0 Å². The first-order valence-electron chi connectivity index (χ1n) is 8.70. The molecule has 2 N–H and O–H groups in total. The SMILES string of the molecule is CC1CC(C)CN(CC(C)NC(=O)[C@H]2CCN[C@@H](C)C2)C1. The molecule has 0 bridgehead atoms. The molecule has 0 saturated carbocycles. The molecule has 2 saturated heterocycles. The van der Waals surface area contributed by atoms with Crippen LogP contribution in [-0.2, 0) is 4.79 Å². The number of piperidine rings is 2. The van der Waals surface area contributed by atoms with Crippen LogP contribution in [0.15, 0.2) is 0 Å². The highest BCUT2D eigenvalue weighted by Gasteiger charge is 2.27. The molecule has 0 aromatic heterocycles. The number of nitrogens with zero attached hydrogens (tertiary/aromatic N) is 1. The van der Waals surface area contributed by atoms with Gasteiger partial charge in [0, 0.05) is 37.6 Å². The highest BCUT2D eigenvalue weighted by Crippen LogP contribution is 2.21. The Morgan fingerprint density at radius 2 is 1.90 bits per heavy atom. The van der Waals surface area contributed by atoms with Gasteiger partial charge in [0.15, 0.2) is 0 Å². The van der Waals surface area contributed by atoms with Gasteiger partial charge in [-0.3, -0.25) is 4.79 Å². The van der Waals surface area contributed by atoms with Gasteiger partial charge in [-0.15, -0.1) is 0 Å². The van der Waals surface area contributed by atoms with Crippen molar-refractivity contribution in [3.8, 4) is 0 Å². The van der Waals surface area contributed by atoms with Crippen molar-refractivity contribution in [3.63, 3.8) is 0 Å². The fraction of sp³-hybridized carbons (Fsp3) is 0.941. The number of hydrogen-bond donors (Lipinski definition) is 2. The van der Waals surface area contributed by atoms with Crippen LogP contribution in [0.3, 0.4) is 0 Å². The molecule has 2 aliphatic rings. The van der Waals surface area contributed by atoms with Gasteiger partial charge in [-0.1, -0.05) is 13.8 Å². The van der Waals surface area contributed by atoms with Crippen LogP contribution in [0.4, 0.5) is 0 Å². The maximum atomic E-state index is 12.4. The number of carbonyl (C=O) groups is 1. The molecule has 4 heteroatoms. The van der Waals surface area contributed by atoms with E-state index in [2.05, 4.69) is 43.2 Å². The topological polar surface area (TPSA) is 44.4 Å². The fourth-order valence-electron chi connectivity index (χ4n) is 4.10. The average Bonchev–Trinajstić information content (AvgIpc) is 2.37. The van der Waals surface area contributed by atoms with Crippen molar-refractivity contribution in [1.82, 2.24) is 15.5 Å². The van der Waals surface area contributed by atoms with Crippen molar-refractivity contribution in [2.75, 3.05) is 26.2 Å². The maximum absolute atomic E-state index is 12.4. The Bertz CT molecular complexity index is 337. The summed E-state index contributed by atoms with van der Waals surface area (Å²) >= 11 is 0. The van der Waals surface area contributed by atoms with Crippen LogP contribution in [-0.4, -0.2) is 49.1 Å². The largest absolute Gasteiger partial charge is 0.352 e. The van der Waals surface area contributed by atoms with Gasteiger partial charge in [-0.25, -0.2) is 0 Å². The molecular weight excluding hydrogens is 262 g/mol. The Labute approximate surface area is 130 Å². The number of carbonyl (C=O) groups excluding carboxylic acids is 1. The molecular formula is C17H33N3O. The summed E-state index contributed by atoms with van der Waals surface area (Å²) in [5.74, 6) is 2.01. The van der Waals surface area contributed by atoms with E-state index in [9.17, 15) is 4.79 Å². The van der Waals surface area contributed by atoms with E-state index in [1.54, 1.807) is 0 Å². The average molecular weight is 295 g/mol. The molecule has 2 rings (SSSR count). The van der Waals surface area contributed by atoms with Crippen molar-refractivity contribution in [2.24, 2.45) is 17.8 Å². The molecule has 0 spiro atoms. The third-order valence-corrected chi connectivity index (χ3v) is 4.86. The van der Waals surface area contributed by atoms with E-state index in [0.717, 1.165) is 37.8 Å². The number of rotatable bonds is 4. The van der Waals surface area contributed by atoms with Crippen molar-refractivity contribution < 1.29 is 4.79 Å². The lowest BCUT2D eigenvalue weighted by Gasteiger charge is -2.37. The second-order valence-electron chi connectivity index (χ2n) is 7.65. The summed E-state index contributed by atoms with van der Waals surface area (Å²) in [5.41, 5.74) is 0. The fourth-order valence-corrected chi connectivity index (χ4v) is 4.10. The predicted octanol–water partition coefficient (Wildman–Crippen LogP) is 1.86. The minimum atomic E-state index is 0.197. The molecule has 2 aliphatic heterocycles. The Morgan fingerprint density at radius 3 is 2.52 bits per heavy atom. The highest BCUT2D eigenvalue weighted by atomic mass is 16.1. The zero-order valence-corrected chi connectivity index (χ0v) is 14.2. The van der Waals surface area contributed by atoms with Crippen LogP contribution in [0, 0.1) is 17.8 Å². The number of amides is 1. The van der Waals surface area contributed by atoms with Crippen LogP contribution in [0.5, 0.6) is 0 Å². The minimum absolute atomic E-state index is 0.197. The molecule has 2 fully saturated rings. The van der Waals surface area contributed by atoms with Gasteiger partial charge in [0.05, 0.1) is 0 Å². The molecule has 122 valence electrons. The molecule has 5 atom stereocenters. The van der Waals surface area contributed by atoms with Gasteiger partial charge in [-0.05, 0) is 51.5 Å². The molecule has 0 aliphatic carbocycles. The van der Waals surface area contributed by atoms with E-state index in [4.69, 9.17) is 0 Å². The summed E-state index contributed by atoms with van der Waals surface area (Å²) in [5, 5.41) is 6.65. The number of hydrogen-bond acceptors (Lipinski definition) is 3. The molecule has 2 heterocycles. The Balaban J connectivity index is 1.75. The van der Waals surface area contributed by atoms with E-state index in [1.807, 2.05) is 0 Å². The molecule has 0 aromatic carbocycles. The van der Waals surface area contributed by atoms with E-state index >= 15 is 0 Å². The van der Waals surface area contributed by atoms with Crippen LogP contribution >= 0.6 is 0 Å². The predicted molar refractivity (Wildman–Crippen MR) is 87.2 cm³/mol. The monoisotopic (exact) mass is 295 g/mol. The first-order chi connectivity index (χ1) is 9.94. The number of nitrogens with one attached hydrogen (secondary N) is 2. The van der Waals surface area contributed by atoms with Gasteiger partial charge >= 0.3 is 0 Å². The summed E-state index contributed by atoms with van der Waals surface area (Å²) in [6, 6.07) is 0.716. The zero-order chi connectivity index (χ0) is 15.4. The highest BCUT2D eigenvalue weighted by molar-refractivity contribution is 5.79. The van der Waals surface area contributed by atoms with Gasteiger partial charge in [-0.2, -0.15) is 0 Å². The molecule has 21 heavy (non-hydrogen) atoms. The molecule has 3 unspecified atom stereocenters. The summed E-state index contributed by atoms with van der Waals surface area (Å²) < 4.78 is 0. The van der Waals surface area contributed by atoms with Crippen molar-refractivity contribution in [3.05, 3.63) is 0 Å². The van der Waals surface area contributed by atoms with Crippen LogP contribution in [0.1, 0.15) is 47.0 Å². The summed E-state index contributed by atoms with van der Waals surface area (Å²) in [6.45, 7) is 13.3. The lowest BCUT2D eigenvalue weighted by atomic mass is 9.91. The zero-order valence-electron chi connectivity index (χ0n) is 14.2. The lowest BCUT2D eigenvalue weighted by molar-refractivity contribution is -0.126. The Hall–Kier alpha value is -0.610. The van der Waals surface area contributed by atoms with Crippen molar-refractivity contribution in [1.29, 1.82) is 0 Å². The van der Waals surface area contributed by atoms with Crippen LogP contribution < -0.4 is 10.6 Å². The van der Waals surface area contributed by atoms with Gasteiger partial charge in [0.25, 0.3) is 0 Å². The van der Waals surface area contributed by atoms with E-state index in [1.165, 1.54) is 19.5 Å². The van der Waals surface area contributed by atoms with E-state index in [-0.39, 0.29) is 17.9 Å². The molecule has 1 amide bonds. The lowest BCUT2D eigenvalue weighted by Crippen LogP contribution is -2.49. The van der Waals surface area contributed by atoms with Crippen LogP contribution in [0.2, 0.25) is 0 Å². The molecule has 0 radical (unpaired) electrons. The second-order valence-corrected chi connectivity index (χ2v) is 7.65. The standard InChI is InChI=1S/C17H33N3O/c1-12-7-13(2)10-20(9-12)11-15(4)19-17(21)16-5-6-18-14(3)8-16/h12-16,18H,5-11H2,1-4H3,(H,19,21)/t12?,13?,14-,15?,16-/m0/s1. The summed E-state index contributed by atoms with van der Waals surface area (Å²) in [4.78, 5) is 14.9. The third kappa shape index (κ3) is 5.26. The van der Waals surface area contributed by atoms with Crippen LogP contribution in [0.25, 0.3) is 0 Å². The first-order valence-corrected chi connectivity index (χ1v) is 8.70. The quantitative estimate of drug-likeness (QED) is 0.832. The van der Waals surface area contributed by atoms with Gasteiger partial charge < -0.3 is 15.5 Å². The molecule has 0 aromatic rings. The Kier molecular flexibility index (Phi) is 6.06. The molecule has 4 nitrogen and oxygen atoms in total. The third-order valence-electron chi connectivity index (χ3n) is 4.86. The van der Waals surface area contributed by atoms with E-state index < -0.39 is 0 Å². The first kappa shape index (κ1) is 16.8. The maximum Gasteiger partial charge on any atom is 0.223 e. The smallest absolute Gasteiger partial charge is 0.223 e. The number of likely N-dealkylation sites (tertiary alicyclic amines) is 1. The van der Waals surface area contributed by atoms with Gasteiger partial charge in [0.2, 0.25) is 5.91 Å². The van der Waals surface area contributed by atoms with E-state index in [0.29, 0.717) is 6.04 Å². The summed E-state index contributed by atoms with van der Waals surface area (Å²) in [7, 11) is 0. The minimum Gasteiger partial charge on any atom is -0.352 e. The normalized spacial score (nSPS) is 36.2.